The summed E-state index contributed by atoms with van der Waals surface area (Å²) in [6, 6.07) is 4.68. The van der Waals surface area contributed by atoms with Gasteiger partial charge in [-0.05, 0) is 37.0 Å². The first-order chi connectivity index (χ1) is 14.8. The summed E-state index contributed by atoms with van der Waals surface area (Å²) in [5, 5.41) is 5.36. The highest BCUT2D eigenvalue weighted by atomic mass is 19.1. The van der Waals surface area contributed by atoms with Crippen molar-refractivity contribution in [2.45, 2.75) is 26.9 Å². The van der Waals surface area contributed by atoms with Crippen LogP contribution in [0.5, 0.6) is 0 Å². The molecule has 2 saturated heterocycles. The molecule has 2 N–H and O–H groups in total. The molecule has 0 bridgehead atoms. The van der Waals surface area contributed by atoms with Crippen molar-refractivity contribution < 1.29 is 28.2 Å². The molecular weight excluding hydrogens is 407 g/mol. The highest BCUT2D eigenvalue weighted by molar-refractivity contribution is 5.90. The lowest BCUT2D eigenvalue weighted by Crippen LogP contribution is -2.33. The average molecular weight is 436 g/mol. The Hall–Kier alpha value is -3.04. The maximum atomic E-state index is 14.9. The van der Waals surface area contributed by atoms with Gasteiger partial charge in [0.25, 0.3) is 0 Å². The van der Waals surface area contributed by atoms with Gasteiger partial charge >= 0.3 is 12.2 Å². The first-order valence-corrected chi connectivity index (χ1v) is 10.5. The highest BCUT2D eigenvalue weighted by Crippen LogP contribution is 2.32. The number of alkyl carbamates (subject to hydrolysis) is 1. The topological polar surface area (TPSA) is 100 Å². The zero-order valence-corrected chi connectivity index (χ0v) is 18.0. The van der Waals surface area contributed by atoms with E-state index in [0.717, 1.165) is 0 Å². The van der Waals surface area contributed by atoms with Crippen LogP contribution in [0.25, 0.3) is 0 Å². The quantitative estimate of drug-likeness (QED) is 0.679. The molecular formula is C21H29FN4O5. The first kappa shape index (κ1) is 22.6. The second kappa shape index (κ2) is 9.84. The molecule has 0 aromatic heterocycles. The fourth-order valence-corrected chi connectivity index (χ4v) is 3.91. The van der Waals surface area contributed by atoms with Gasteiger partial charge in [-0.25, -0.2) is 14.0 Å². The summed E-state index contributed by atoms with van der Waals surface area (Å²) in [7, 11) is 0. The number of benzene rings is 1. The molecule has 3 amide bonds. The molecule has 0 radical (unpaired) electrons. The van der Waals surface area contributed by atoms with Gasteiger partial charge in [-0.15, -0.1) is 0 Å². The van der Waals surface area contributed by atoms with E-state index in [9.17, 15) is 18.8 Å². The molecule has 170 valence electrons. The highest BCUT2D eigenvalue weighted by Gasteiger charge is 2.34. The number of carbonyl (C=O) groups excluding carboxylic acids is 3. The normalized spacial score (nSPS) is 23.0. The van der Waals surface area contributed by atoms with Crippen molar-refractivity contribution in [2.75, 3.05) is 49.1 Å². The van der Waals surface area contributed by atoms with Crippen LogP contribution in [-0.2, 0) is 14.3 Å². The van der Waals surface area contributed by atoms with Crippen LogP contribution in [0.2, 0.25) is 0 Å². The minimum absolute atomic E-state index is 0.173. The number of rotatable bonds is 7. The van der Waals surface area contributed by atoms with E-state index < -0.39 is 24.1 Å². The van der Waals surface area contributed by atoms with Gasteiger partial charge in [0.1, 0.15) is 11.9 Å². The largest absolute Gasteiger partial charge is 0.450 e. The van der Waals surface area contributed by atoms with Crippen molar-refractivity contribution in [3.63, 3.8) is 0 Å². The van der Waals surface area contributed by atoms with Crippen molar-refractivity contribution in [2.24, 2.45) is 11.8 Å². The van der Waals surface area contributed by atoms with Crippen LogP contribution in [0.3, 0.4) is 0 Å². The smallest absolute Gasteiger partial charge is 0.414 e. The first-order valence-electron chi connectivity index (χ1n) is 10.5. The molecule has 0 saturated carbocycles. The van der Waals surface area contributed by atoms with Gasteiger partial charge in [0, 0.05) is 26.6 Å². The summed E-state index contributed by atoms with van der Waals surface area (Å²) in [6.45, 7) is 7.70. The van der Waals surface area contributed by atoms with Crippen molar-refractivity contribution in [3.8, 4) is 0 Å². The molecule has 1 aromatic carbocycles. The fourth-order valence-electron chi connectivity index (χ4n) is 3.91. The molecule has 2 aliphatic rings. The number of ether oxygens (including phenoxy) is 2. The molecule has 2 fully saturated rings. The third kappa shape index (κ3) is 5.56. The number of amides is 3. The Kier molecular flexibility index (Phi) is 7.19. The van der Waals surface area contributed by atoms with Crippen molar-refractivity contribution in [1.82, 2.24) is 10.6 Å². The predicted octanol–water partition coefficient (Wildman–Crippen LogP) is 2.11. The molecule has 10 heteroatoms. The van der Waals surface area contributed by atoms with E-state index in [1.807, 2.05) is 4.90 Å². The number of anilines is 2. The lowest BCUT2D eigenvalue weighted by Gasteiger charge is -2.21. The number of cyclic esters (lactones) is 1. The fraction of sp³-hybridized carbons (Fsp3) is 0.571. The molecule has 3 atom stereocenters. The molecule has 9 nitrogen and oxygen atoms in total. The number of hydrogen-bond donors (Lipinski definition) is 2. The van der Waals surface area contributed by atoms with Crippen molar-refractivity contribution in [1.29, 1.82) is 0 Å². The molecule has 1 aromatic rings. The Labute approximate surface area is 180 Å². The third-order valence-electron chi connectivity index (χ3n) is 5.59. The lowest BCUT2D eigenvalue weighted by atomic mass is 9.98. The number of hydrogen-bond acceptors (Lipinski definition) is 6. The van der Waals surface area contributed by atoms with Gasteiger partial charge in [0.15, 0.2) is 0 Å². The van der Waals surface area contributed by atoms with Crippen LogP contribution >= 0.6 is 0 Å². The summed E-state index contributed by atoms with van der Waals surface area (Å²) in [5.74, 6) is -0.196. The number of halogens is 1. The van der Waals surface area contributed by atoms with E-state index in [1.165, 1.54) is 17.9 Å². The van der Waals surface area contributed by atoms with Gasteiger partial charge < -0.3 is 25.0 Å². The van der Waals surface area contributed by atoms with Gasteiger partial charge in [0.05, 0.1) is 31.1 Å². The Morgan fingerprint density at radius 1 is 1.23 bits per heavy atom. The summed E-state index contributed by atoms with van der Waals surface area (Å²) >= 11 is 0. The monoisotopic (exact) mass is 436 g/mol. The zero-order chi connectivity index (χ0) is 22.5. The SMILES string of the molecule is CCOC(=O)NC[C@H]1CN(c2ccc(N3C[C@H](CNC(C)=O)OC3=O)cc2F)C[C@H]1C. The Bertz CT molecular complexity index is 836. The van der Waals surface area contributed by atoms with Crippen LogP contribution in [0.4, 0.5) is 25.4 Å². The van der Waals surface area contributed by atoms with E-state index >= 15 is 0 Å². The lowest BCUT2D eigenvalue weighted by molar-refractivity contribution is -0.119. The molecule has 3 rings (SSSR count). The van der Waals surface area contributed by atoms with E-state index in [1.54, 1.807) is 19.1 Å². The summed E-state index contributed by atoms with van der Waals surface area (Å²) in [5.41, 5.74) is 0.862. The average Bonchev–Trinajstić information content (AvgIpc) is 3.27. The van der Waals surface area contributed by atoms with Crippen LogP contribution in [0.1, 0.15) is 20.8 Å². The van der Waals surface area contributed by atoms with Gasteiger partial charge in [-0.2, -0.15) is 0 Å². The molecule has 0 unspecified atom stereocenters. The Morgan fingerprint density at radius 3 is 2.68 bits per heavy atom. The Morgan fingerprint density at radius 2 is 2.00 bits per heavy atom. The molecule has 2 aliphatic heterocycles. The number of nitrogens with one attached hydrogen (secondary N) is 2. The summed E-state index contributed by atoms with van der Waals surface area (Å²) in [6.07, 6.45) is -1.49. The number of nitrogens with zero attached hydrogens (tertiary/aromatic N) is 2. The van der Waals surface area contributed by atoms with Crippen LogP contribution in [0, 0.1) is 17.7 Å². The maximum Gasteiger partial charge on any atom is 0.414 e. The van der Waals surface area contributed by atoms with Crippen LogP contribution < -0.4 is 20.4 Å². The van der Waals surface area contributed by atoms with Crippen molar-refractivity contribution in [3.05, 3.63) is 24.0 Å². The minimum Gasteiger partial charge on any atom is -0.450 e. The second-order valence-corrected chi connectivity index (χ2v) is 7.93. The standard InChI is InChI=1S/C21H29FN4O5/c1-4-30-20(28)24-8-15-11-25(10-13(15)2)19-6-5-16(7-18(19)22)26-12-17(31-21(26)29)9-23-14(3)27/h5-7,13,15,17H,4,8-12H2,1-3H3,(H,23,27)(H,24,28)/t13-,15+,17+/m1/s1. The molecule has 0 aliphatic carbocycles. The summed E-state index contributed by atoms with van der Waals surface area (Å²) < 4.78 is 25.1. The minimum atomic E-state index is -0.567. The second-order valence-electron chi connectivity index (χ2n) is 7.93. The zero-order valence-electron chi connectivity index (χ0n) is 18.0. The van der Waals surface area contributed by atoms with E-state index in [2.05, 4.69) is 17.6 Å². The molecule has 31 heavy (non-hydrogen) atoms. The predicted molar refractivity (Wildman–Crippen MR) is 113 cm³/mol. The van der Waals surface area contributed by atoms with Crippen molar-refractivity contribution >= 4 is 29.5 Å². The number of carbonyl (C=O) groups is 3. The van der Waals surface area contributed by atoms with E-state index in [-0.39, 0.29) is 30.8 Å². The van der Waals surface area contributed by atoms with Gasteiger partial charge in [0.2, 0.25) is 5.91 Å². The summed E-state index contributed by atoms with van der Waals surface area (Å²) in [4.78, 5) is 38.0. The Balaban J connectivity index is 1.61. The van der Waals surface area contributed by atoms with Crippen LogP contribution in [0.15, 0.2) is 18.2 Å². The maximum absolute atomic E-state index is 14.9. The van der Waals surface area contributed by atoms with E-state index in [0.29, 0.717) is 37.6 Å². The third-order valence-corrected chi connectivity index (χ3v) is 5.59. The molecule has 0 spiro atoms. The van der Waals surface area contributed by atoms with E-state index in [4.69, 9.17) is 9.47 Å². The van der Waals surface area contributed by atoms with Crippen LogP contribution in [-0.4, -0.2) is 63.5 Å². The van der Waals surface area contributed by atoms with Gasteiger partial charge in [-0.1, -0.05) is 6.92 Å². The van der Waals surface area contributed by atoms with Gasteiger partial charge in [-0.3, -0.25) is 9.69 Å². The molecule has 2 heterocycles.